The third-order valence-electron chi connectivity index (χ3n) is 4.38. The van der Waals surface area contributed by atoms with Crippen molar-refractivity contribution in [2.75, 3.05) is 11.9 Å². The van der Waals surface area contributed by atoms with Gasteiger partial charge in [0.2, 0.25) is 0 Å². The zero-order chi connectivity index (χ0) is 21.0. The first-order valence-electron chi connectivity index (χ1n) is 9.21. The molecular formula is C22H22N4O2S. The monoisotopic (exact) mass is 406 g/mol. The van der Waals surface area contributed by atoms with Crippen LogP contribution in [0.4, 0.5) is 5.13 Å². The lowest BCUT2D eigenvalue weighted by atomic mass is 10.1. The van der Waals surface area contributed by atoms with Gasteiger partial charge in [-0.25, -0.2) is 4.98 Å². The van der Waals surface area contributed by atoms with Gasteiger partial charge in [-0.3, -0.25) is 10.1 Å². The Bertz CT molecular complexity index is 1120. The molecule has 0 atom stereocenters. The summed E-state index contributed by atoms with van der Waals surface area (Å²) in [5.74, 6) is 0.311. The van der Waals surface area contributed by atoms with E-state index in [-0.39, 0.29) is 5.57 Å². The van der Waals surface area contributed by atoms with Gasteiger partial charge in [-0.15, -0.1) is 11.3 Å². The Morgan fingerprint density at radius 1 is 1.34 bits per heavy atom. The van der Waals surface area contributed by atoms with Crippen molar-refractivity contribution >= 4 is 28.5 Å². The number of aryl methyl sites for hydroxylation is 2. The number of hydrogen-bond acceptors (Lipinski definition) is 5. The minimum atomic E-state index is -0.471. The maximum absolute atomic E-state index is 12.5. The molecule has 148 valence electrons. The molecule has 1 N–H and O–H groups in total. The van der Waals surface area contributed by atoms with Gasteiger partial charge in [0.25, 0.3) is 5.91 Å². The summed E-state index contributed by atoms with van der Waals surface area (Å²) in [5.41, 5.74) is 3.65. The van der Waals surface area contributed by atoms with Crippen molar-refractivity contribution < 1.29 is 9.53 Å². The summed E-state index contributed by atoms with van der Waals surface area (Å²) in [6, 6.07) is 11.8. The molecule has 2 heterocycles. The third-order valence-corrected chi connectivity index (χ3v) is 5.21. The van der Waals surface area contributed by atoms with Gasteiger partial charge in [0, 0.05) is 22.5 Å². The van der Waals surface area contributed by atoms with Crippen molar-refractivity contribution in [1.82, 2.24) is 9.55 Å². The lowest BCUT2D eigenvalue weighted by molar-refractivity contribution is -0.112. The summed E-state index contributed by atoms with van der Waals surface area (Å²) in [4.78, 5) is 17.6. The molecule has 0 radical (unpaired) electrons. The number of benzene rings is 1. The first-order chi connectivity index (χ1) is 13.9. The van der Waals surface area contributed by atoms with E-state index < -0.39 is 5.91 Å². The first kappa shape index (κ1) is 20.4. The van der Waals surface area contributed by atoms with Crippen LogP contribution in [0.1, 0.15) is 28.8 Å². The standard InChI is InChI=1S/C22H22N4O2S/c1-5-28-20-9-7-6-8-19(20)26-14(2)10-17(16(26)4)11-18(12-23)21(27)25-22-24-13-15(3)29-22/h6-11,13H,5H2,1-4H3,(H,24,25,27)/b18-11-. The molecule has 2 aromatic heterocycles. The van der Waals surface area contributed by atoms with Gasteiger partial charge >= 0.3 is 0 Å². The van der Waals surface area contributed by atoms with Crippen LogP contribution in [0.3, 0.4) is 0 Å². The number of carbonyl (C=O) groups excluding carboxylic acids is 1. The predicted octanol–water partition coefficient (Wildman–Crippen LogP) is 4.80. The number of hydrogen-bond donors (Lipinski definition) is 1. The second-order valence-electron chi connectivity index (χ2n) is 6.46. The smallest absolute Gasteiger partial charge is 0.268 e. The van der Waals surface area contributed by atoms with Crippen molar-refractivity contribution in [3.8, 4) is 17.5 Å². The summed E-state index contributed by atoms with van der Waals surface area (Å²) in [7, 11) is 0. The molecule has 0 saturated heterocycles. The molecule has 29 heavy (non-hydrogen) atoms. The molecule has 0 aliphatic heterocycles. The van der Waals surface area contributed by atoms with Gasteiger partial charge in [-0.1, -0.05) is 12.1 Å². The summed E-state index contributed by atoms with van der Waals surface area (Å²) >= 11 is 1.37. The van der Waals surface area contributed by atoms with Crippen LogP contribution in [0.5, 0.6) is 5.75 Å². The van der Waals surface area contributed by atoms with Crippen LogP contribution in [0.2, 0.25) is 0 Å². The highest BCUT2D eigenvalue weighted by atomic mass is 32.1. The summed E-state index contributed by atoms with van der Waals surface area (Å²) in [6.07, 6.45) is 3.29. The number of nitrogens with zero attached hydrogens (tertiary/aromatic N) is 3. The molecule has 3 aromatic rings. The number of carbonyl (C=O) groups is 1. The molecule has 0 fully saturated rings. The number of rotatable bonds is 6. The molecule has 0 aliphatic rings. The highest BCUT2D eigenvalue weighted by Crippen LogP contribution is 2.29. The van der Waals surface area contributed by atoms with E-state index in [2.05, 4.69) is 14.9 Å². The molecule has 0 spiro atoms. The maximum atomic E-state index is 12.5. The zero-order valence-corrected chi connectivity index (χ0v) is 17.6. The summed E-state index contributed by atoms with van der Waals surface area (Å²) in [5, 5.41) is 12.7. The lowest BCUT2D eigenvalue weighted by Gasteiger charge is -2.14. The molecule has 0 saturated carbocycles. The van der Waals surface area contributed by atoms with Crippen molar-refractivity contribution in [2.45, 2.75) is 27.7 Å². The second kappa shape index (κ2) is 8.76. The zero-order valence-electron chi connectivity index (χ0n) is 16.8. The molecular weight excluding hydrogens is 384 g/mol. The van der Waals surface area contributed by atoms with Crippen LogP contribution in [-0.2, 0) is 4.79 Å². The summed E-state index contributed by atoms with van der Waals surface area (Å²) in [6.45, 7) is 8.36. The molecule has 1 amide bonds. The van der Waals surface area contributed by atoms with Crippen LogP contribution in [0.15, 0.2) is 42.1 Å². The van der Waals surface area contributed by atoms with Crippen LogP contribution in [0, 0.1) is 32.1 Å². The molecule has 0 aliphatic carbocycles. The fourth-order valence-corrected chi connectivity index (χ4v) is 3.76. The summed E-state index contributed by atoms with van der Waals surface area (Å²) < 4.78 is 7.82. The maximum Gasteiger partial charge on any atom is 0.268 e. The van der Waals surface area contributed by atoms with Crippen LogP contribution < -0.4 is 10.1 Å². The van der Waals surface area contributed by atoms with Gasteiger partial charge < -0.3 is 9.30 Å². The van der Waals surface area contributed by atoms with Crippen LogP contribution >= 0.6 is 11.3 Å². The van der Waals surface area contributed by atoms with Gasteiger partial charge in [-0.05, 0) is 57.5 Å². The van der Waals surface area contributed by atoms with E-state index in [9.17, 15) is 10.1 Å². The van der Waals surface area contributed by atoms with Crippen molar-refractivity contribution in [3.63, 3.8) is 0 Å². The fraction of sp³-hybridized carbons (Fsp3) is 0.227. The molecule has 7 heteroatoms. The quantitative estimate of drug-likeness (QED) is 0.471. The first-order valence-corrected chi connectivity index (χ1v) is 10.0. The largest absolute Gasteiger partial charge is 0.492 e. The number of anilines is 1. The van der Waals surface area contributed by atoms with Gasteiger partial charge in [0.1, 0.15) is 17.4 Å². The Morgan fingerprint density at radius 2 is 2.10 bits per heavy atom. The number of nitriles is 1. The van der Waals surface area contributed by atoms with E-state index in [0.717, 1.165) is 33.3 Å². The Balaban J connectivity index is 1.97. The number of aromatic nitrogens is 2. The Kier molecular flexibility index (Phi) is 6.15. The van der Waals surface area contributed by atoms with Crippen molar-refractivity contribution in [3.05, 3.63) is 63.9 Å². The van der Waals surface area contributed by atoms with E-state index >= 15 is 0 Å². The van der Waals surface area contributed by atoms with E-state index in [1.165, 1.54) is 11.3 Å². The highest BCUT2D eigenvalue weighted by molar-refractivity contribution is 7.15. The van der Waals surface area contributed by atoms with Crippen LogP contribution in [0.25, 0.3) is 11.8 Å². The Labute approximate surface area is 174 Å². The Hall–Kier alpha value is -3.37. The molecule has 1 aromatic carbocycles. The highest BCUT2D eigenvalue weighted by Gasteiger charge is 2.16. The van der Waals surface area contributed by atoms with Gasteiger partial charge in [0.15, 0.2) is 5.13 Å². The average Bonchev–Trinajstić information content (AvgIpc) is 3.22. The predicted molar refractivity (Wildman–Crippen MR) is 115 cm³/mol. The second-order valence-corrected chi connectivity index (χ2v) is 7.70. The number of para-hydroxylation sites is 2. The number of amides is 1. The average molecular weight is 407 g/mol. The van der Waals surface area contributed by atoms with E-state index in [1.54, 1.807) is 12.3 Å². The topological polar surface area (TPSA) is 79.9 Å². The van der Waals surface area contributed by atoms with Gasteiger partial charge in [0.05, 0.1) is 12.3 Å². The normalized spacial score (nSPS) is 11.2. The number of thiazole rings is 1. The molecule has 0 bridgehead atoms. The van der Waals surface area contributed by atoms with Crippen molar-refractivity contribution in [2.24, 2.45) is 0 Å². The van der Waals surface area contributed by atoms with E-state index in [4.69, 9.17) is 4.74 Å². The minimum absolute atomic E-state index is 0.0243. The van der Waals surface area contributed by atoms with E-state index in [1.807, 2.05) is 64.1 Å². The molecule has 0 unspecified atom stereocenters. The lowest BCUT2D eigenvalue weighted by Crippen LogP contribution is -2.13. The SMILES string of the molecule is CCOc1ccccc1-n1c(C)cc(/C=C(/C#N)C(=O)Nc2ncc(C)s2)c1C. The van der Waals surface area contributed by atoms with Crippen LogP contribution in [-0.4, -0.2) is 22.1 Å². The Morgan fingerprint density at radius 3 is 2.76 bits per heavy atom. The van der Waals surface area contributed by atoms with E-state index in [0.29, 0.717) is 11.7 Å². The molecule has 6 nitrogen and oxygen atoms in total. The van der Waals surface area contributed by atoms with Gasteiger partial charge in [-0.2, -0.15) is 5.26 Å². The third kappa shape index (κ3) is 4.39. The number of nitrogens with one attached hydrogen (secondary N) is 1. The van der Waals surface area contributed by atoms with Crippen molar-refractivity contribution in [1.29, 1.82) is 5.26 Å². The minimum Gasteiger partial charge on any atom is -0.492 e. The molecule has 3 rings (SSSR count). The fourth-order valence-electron chi connectivity index (χ4n) is 3.10. The number of ether oxygens (including phenoxy) is 1.